The second-order valence-electron chi connectivity index (χ2n) is 4.36. The van der Waals surface area contributed by atoms with Crippen molar-refractivity contribution >= 4 is 5.97 Å². The van der Waals surface area contributed by atoms with E-state index in [1.807, 2.05) is 0 Å². The summed E-state index contributed by atoms with van der Waals surface area (Å²) in [5.41, 5.74) is 1.11. The topological polar surface area (TPSA) is 109 Å². The van der Waals surface area contributed by atoms with E-state index in [2.05, 4.69) is 19.9 Å². The van der Waals surface area contributed by atoms with Crippen molar-refractivity contribution in [3.05, 3.63) is 39.7 Å². The highest BCUT2D eigenvalue weighted by Gasteiger charge is 2.11. The minimum Gasteiger partial charge on any atom is -0.481 e. The number of carboxylic acid groups (broad SMARTS) is 1. The van der Waals surface area contributed by atoms with E-state index < -0.39 is 5.97 Å². The van der Waals surface area contributed by atoms with Crippen LogP contribution in [0.1, 0.15) is 23.5 Å². The third kappa shape index (κ3) is 3.05. The Labute approximate surface area is 114 Å². The van der Waals surface area contributed by atoms with Crippen LogP contribution in [0.4, 0.5) is 0 Å². The average molecular weight is 274 g/mol. The molecule has 0 amide bonds. The minimum atomic E-state index is -0.945. The normalized spacial score (nSPS) is 10.5. The minimum absolute atomic E-state index is 0.0996. The summed E-state index contributed by atoms with van der Waals surface area (Å²) < 4.78 is 0. The summed E-state index contributed by atoms with van der Waals surface area (Å²) in [6.45, 7) is 3.43. The number of aliphatic carboxylic acids is 1. The zero-order valence-electron chi connectivity index (χ0n) is 11.2. The van der Waals surface area contributed by atoms with Crippen LogP contribution in [0.5, 0.6) is 0 Å². The largest absolute Gasteiger partial charge is 0.481 e. The molecule has 0 unspecified atom stereocenters. The van der Waals surface area contributed by atoms with Crippen LogP contribution in [0, 0.1) is 13.8 Å². The second-order valence-corrected chi connectivity index (χ2v) is 4.36. The Morgan fingerprint density at radius 1 is 1.35 bits per heavy atom. The quantitative estimate of drug-likeness (QED) is 0.855. The fourth-order valence-corrected chi connectivity index (χ4v) is 1.85. The molecule has 2 rings (SSSR count). The van der Waals surface area contributed by atoms with Crippen molar-refractivity contribution < 1.29 is 9.90 Å². The van der Waals surface area contributed by atoms with Crippen LogP contribution in [0.3, 0.4) is 0 Å². The number of H-pyrrole nitrogens is 1. The number of hydrogen-bond acceptors (Lipinski definition) is 5. The first kappa shape index (κ1) is 13.9. The van der Waals surface area contributed by atoms with E-state index in [-0.39, 0.29) is 18.4 Å². The van der Waals surface area contributed by atoms with Crippen molar-refractivity contribution in [2.75, 3.05) is 0 Å². The van der Waals surface area contributed by atoms with Gasteiger partial charge in [0.25, 0.3) is 5.56 Å². The fourth-order valence-electron chi connectivity index (χ4n) is 1.85. The molecule has 0 radical (unpaired) electrons. The number of aromatic nitrogens is 4. The molecule has 0 spiro atoms. The zero-order chi connectivity index (χ0) is 14.7. The van der Waals surface area contributed by atoms with E-state index in [1.165, 1.54) is 0 Å². The molecule has 2 N–H and O–H groups in total. The van der Waals surface area contributed by atoms with Gasteiger partial charge in [-0.25, -0.2) is 15.0 Å². The van der Waals surface area contributed by atoms with Gasteiger partial charge in [0, 0.05) is 23.9 Å². The zero-order valence-corrected chi connectivity index (χ0v) is 11.2. The highest BCUT2D eigenvalue weighted by atomic mass is 16.4. The number of carboxylic acids is 1. The molecule has 0 saturated carbocycles. The molecule has 0 aromatic carbocycles. The molecule has 0 aliphatic heterocycles. The first-order valence-electron chi connectivity index (χ1n) is 6.09. The first-order chi connectivity index (χ1) is 9.47. The van der Waals surface area contributed by atoms with E-state index in [0.717, 1.165) is 0 Å². The summed E-state index contributed by atoms with van der Waals surface area (Å²) in [6, 6.07) is 1.65. The van der Waals surface area contributed by atoms with E-state index in [4.69, 9.17) is 5.11 Å². The monoisotopic (exact) mass is 274 g/mol. The summed E-state index contributed by atoms with van der Waals surface area (Å²) in [7, 11) is 0. The van der Waals surface area contributed by atoms with E-state index in [9.17, 15) is 9.59 Å². The third-order valence-corrected chi connectivity index (χ3v) is 2.83. The van der Waals surface area contributed by atoms with Gasteiger partial charge in [-0.3, -0.25) is 9.59 Å². The molecule has 7 heteroatoms. The molecule has 0 atom stereocenters. The standard InChI is InChI=1S/C13H14N4O3/c1-7-9(3-4-11(18)19)13(20)17-12(15-7)10-5-6-14-8(2)16-10/h5-6H,3-4H2,1-2H3,(H,18,19)(H,15,17,20). The Balaban J connectivity index is 2.40. The maximum Gasteiger partial charge on any atom is 0.303 e. The molecule has 104 valence electrons. The molecule has 20 heavy (non-hydrogen) atoms. The average Bonchev–Trinajstić information content (AvgIpc) is 2.37. The number of nitrogens with zero attached hydrogens (tertiary/aromatic N) is 3. The van der Waals surface area contributed by atoms with Crippen molar-refractivity contribution in [3.63, 3.8) is 0 Å². The van der Waals surface area contributed by atoms with Crippen LogP contribution < -0.4 is 5.56 Å². The highest BCUT2D eigenvalue weighted by molar-refractivity contribution is 5.67. The number of carbonyl (C=O) groups is 1. The molecule has 7 nitrogen and oxygen atoms in total. The number of nitrogens with one attached hydrogen (secondary N) is 1. The Bertz CT molecular complexity index is 709. The molecule has 2 aromatic heterocycles. The molecule has 0 aliphatic rings. The van der Waals surface area contributed by atoms with Crippen molar-refractivity contribution in [3.8, 4) is 11.5 Å². The highest BCUT2D eigenvalue weighted by Crippen LogP contribution is 2.12. The van der Waals surface area contributed by atoms with Gasteiger partial charge in [-0.1, -0.05) is 0 Å². The molecule has 0 saturated heterocycles. The molecule has 0 aliphatic carbocycles. The van der Waals surface area contributed by atoms with Crippen molar-refractivity contribution in [2.45, 2.75) is 26.7 Å². The smallest absolute Gasteiger partial charge is 0.303 e. The van der Waals surface area contributed by atoms with Gasteiger partial charge in [0.2, 0.25) is 0 Å². The number of aryl methyl sites for hydroxylation is 2. The summed E-state index contributed by atoms with van der Waals surface area (Å²) in [6.07, 6.45) is 1.65. The van der Waals surface area contributed by atoms with Crippen molar-refractivity contribution in [1.82, 2.24) is 19.9 Å². The predicted octanol–water partition coefficient (Wildman–Crippen LogP) is 0.861. The van der Waals surface area contributed by atoms with Gasteiger partial charge >= 0.3 is 5.97 Å². The van der Waals surface area contributed by atoms with E-state index in [0.29, 0.717) is 28.6 Å². The number of rotatable bonds is 4. The Kier molecular flexibility index (Phi) is 3.88. The molecule has 2 aromatic rings. The van der Waals surface area contributed by atoms with Gasteiger partial charge in [0.05, 0.1) is 0 Å². The third-order valence-electron chi connectivity index (χ3n) is 2.83. The van der Waals surface area contributed by atoms with Crippen LogP contribution in [-0.2, 0) is 11.2 Å². The van der Waals surface area contributed by atoms with Crippen LogP contribution in [0.2, 0.25) is 0 Å². The van der Waals surface area contributed by atoms with Gasteiger partial charge in [0.1, 0.15) is 11.5 Å². The van der Waals surface area contributed by atoms with Crippen LogP contribution in [-0.4, -0.2) is 31.0 Å². The Morgan fingerprint density at radius 2 is 2.10 bits per heavy atom. The van der Waals surface area contributed by atoms with Gasteiger partial charge in [-0.2, -0.15) is 0 Å². The van der Waals surface area contributed by atoms with Crippen LogP contribution >= 0.6 is 0 Å². The second kappa shape index (κ2) is 5.60. The fraction of sp³-hybridized carbons (Fsp3) is 0.308. The summed E-state index contributed by atoms with van der Waals surface area (Å²) in [5.74, 6) is -0.00543. The Morgan fingerprint density at radius 3 is 2.70 bits per heavy atom. The van der Waals surface area contributed by atoms with Gasteiger partial charge in [-0.15, -0.1) is 0 Å². The van der Waals surface area contributed by atoms with Gasteiger partial charge in [0.15, 0.2) is 5.82 Å². The SMILES string of the molecule is Cc1nccc(-c2nc(C)c(CCC(=O)O)c(=O)[nH]2)n1. The summed E-state index contributed by atoms with van der Waals surface area (Å²) in [5, 5.41) is 8.67. The lowest BCUT2D eigenvalue weighted by atomic mass is 10.1. The number of hydrogen-bond donors (Lipinski definition) is 2. The first-order valence-corrected chi connectivity index (χ1v) is 6.09. The van der Waals surface area contributed by atoms with Crippen molar-refractivity contribution in [1.29, 1.82) is 0 Å². The molecule has 0 bridgehead atoms. The van der Waals surface area contributed by atoms with Gasteiger partial charge < -0.3 is 10.1 Å². The number of aromatic amines is 1. The van der Waals surface area contributed by atoms with E-state index >= 15 is 0 Å². The van der Waals surface area contributed by atoms with Crippen LogP contribution in [0.15, 0.2) is 17.1 Å². The molecular formula is C13H14N4O3. The molecule has 2 heterocycles. The Hall–Kier alpha value is -2.57. The summed E-state index contributed by atoms with van der Waals surface area (Å²) >= 11 is 0. The predicted molar refractivity (Wildman–Crippen MR) is 71.3 cm³/mol. The van der Waals surface area contributed by atoms with Crippen LogP contribution in [0.25, 0.3) is 11.5 Å². The van der Waals surface area contributed by atoms with E-state index in [1.54, 1.807) is 26.1 Å². The molecular weight excluding hydrogens is 260 g/mol. The van der Waals surface area contributed by atoms with Crippen molar-refractivity contribution in [2.24, 2.45) is 0 Å². The lowest BCUT2D eigenvalue weighted by Crippen LogP contribution is -2.18. The van der Waals surface area contributed by atoms with Gasteiger partial charge in [-0.05, 0) is 26.3 Å². The molecule has 0 fully saturated rings. The lowest BCUT2D eigenvalue weighted by molar-refractivity contribution is -0.136. The maximum atomic E-state index is 12.0. The lowest BCUT2D eigenvalue weighted by Gasteiger charge is -2.06. The summed E-state index contributed by atoms with van der Waals surface area (Å²) in [4.78, 5) is 37.7. The maximum absolute atomic E-state index is 12.0.